The Morgan fingerprint density at radius 1 is 0.862 bits per heavy atom. The van der Waals surface area contributed by atoms with Crippen LogP contribution in [0, 0.1) is 6.92 Å². The summed E-state index contributed by atoms with van der Waals surface area (Å²) in [5.41, 5.74) is 3.92. The zero-order chi connectivity index (χ0) is 20.1. The Kier molecular flexibility index (Phi) is 5.39. The number of aryl methyl sites for hydroxylation is 1. The van der Waals surface area contributed by atoms with E-state index in [9.17, 15) is 4.79 Å². The third-order valence-electron chi connectivity index (χ3n) is 3.96. The molecule has 0 radical (unpaired) electrons. The minimum atomic E-state index is -0.160. The first-order valence-corrected chi connectivity index (χ1v) is 9.64. The van der Waals surface area contributed by atoms with Crippen LogP contribution in [0.5, 0.6) is 0 Å². The van der Waals surface area contributed by atoms with Crippen LogP contribution in [0.4, 0.5) is 28.8 Å². The third kappa shape index (κ3) is 4.71. The summed E-state index contributed by atoms with van der Waals surface area (Å²) in [7, 11) is 0. The van der Waals surface area contributed by atoms with Crippen molar-refractivity contribution in [3.05, 3.63) is 77.1 Å². The van der Waals surface area contributed by atoms with E-state index < -0.39 is 0 Å². The van der Waals surface area contributed by atoms with Crippen LogP contribution in [0.1, 0.15) is 15.4 Å². The molecule has 0 aliphatic rings. The van der Waals surface area contributed by atoms with Crippen molar-refractivity contribution in [2.24, 2.45) is 0 Å². The molecule has 3 N–H and O–H groups in total. The average molecular weight is 403 g/mol. The van der Waals surface area contributed by atoms with Crippen LogP contribution in [0.15, 0.2) is 66.6 Å². The number of anilines is 5. The van der Waals surface area contributed by atoms with E-state index in [4.69, 9.17) is 0 Å². The average Bonchev–Trinajstić information content (AvgIpc) is 3.17. The van der Waals surface area contributed by atoms with Gasteiger partial charge in [0.25, 0.3) is 5.91 Å². The quantitative estimate of drug-likeness (QED) is 0.439. The van der Waals surface area contributed by atoms with Crippen LogP contribution in [-0.2, 0) is 0 Å². The Hall–Kier alpha value is -3.85. The second-order valence-electron chi connectivity index (χ2n) is 6.05. The summed E-state index contributed by atoms with van der Waals surface area (Å²) in [5, 5.41) is 9.21. The molecule has 0 aliphatic heterocycles. The number of carbonyl (C=O) groups excluding carboxylic acids is 1. The van der Waals surface area contributed by atoms with Crippen LogP contribution in [0.3, 0.4) is 0 Å². The molecule has 0 atom stereocenters. The number of nitrogens with one attached hydrogen (secondary N) is 3. The largest absolute Gasteiger partial charge is 0.340 e. The standard InChI is InChI=1S/C20H17N7OS/c1-13-19(29-12-24-13)20(28)26-15-7-5-14(6-8-15)25-17-10-18(23-11-22-17)27-16-4-2-3-9-21-16/h2-12H,1H3,(H,26,28)(H2,21,22,23,25,27). The molecule has 0 bridgehead atoms. The summed E-state index contributed by atoms with van der Waals surface area (Å²) >= 11 is 1.32. The van der Waals surface area contributed by atoms with Gasteiger partial charge in [-0.3, -0.25) is 4.79 Å². The summed E-state index contributed by atoms with van der Waals surface area (Å²) in [6.45, 7) is 1.82. The molecule has 1 aromatic carbocycles. The number of carbonyl (C=O) groups is 1. The van der Waals surface area contributed by atoms with Crippen molar-refractivity contribution in [1.82, 2.24) is 19.9 Å². The normalized spacial score (nSPS) is 10.4. The first-order valence-electron chi connectivity index (χ1n) is 8.76. The lowest BCUT2D eigenvalue weighted by atomic mass is 10.2. The van der Waals surface area contributed by atoms with Crippen molar-refractivity contribution in [2.75, 3.05) is 16.0 Å². The Labute approximate surface area is 171 Å². The van der Waals surface area contributed by atoms with Crippen molar-refractivity contribution in [1.29, 1.82) is 0 Å². The number of thiazole rings is 1. The smallest absolute Gasteiger partial charge is 0.267 e. The molecule has 0 saturated heterocycles. The van der Waals surface area contributed by atoms with Gasteiger partial charge in [-0.05, 0) is 43.3 Å². The Balaban J connectivity index is 1.40. The maximum absolute atomic E-state index is 12.3. The Morgan fingerprint density at radius 3 is 2.31 bits per heavy atom. The van der Waals surface area contributed by atoms with Crippen LogP contribution in [0.2, 0.25) is 0 Å². The predicted molar refractivity (Wildman–Crippen MR) is 114 cm³/mol. The van der Waals surface area contributed by atoms with E-state index in [0.717, 1.165) is 11.4 Å². The molecule has 0 fully saturated rings. The highest BCUT2D eigenvalue weighted by Gasteiger charge is 2.11. The number of hydrogen-bond donors (Lipinski definition) is 3. The van der Waals surface area contributed by atoms with Gasteiger partial charge in [0, 0.05) is 23.6 Å². The lowest BCUT2D eigenvalue weighted by Gasteiger charge is -2.09. The van der Waals surface area contributed by atoms with E-state index >= 15 is 0 Å². The number of aromatic nitrogens is 4. The van der Waals surface area contributed by atoms with Gasteiger partial charge in [-0.2, -0.15) is 0 Å². The van der Waals surface area contributed by atoms with Gasteiger partial charge in [-0.15, -0.1) is 11.3 Å². The van der Waals surface area contributed by atoms with Gasteiger partial charge in [0.05, 0.1) is 11.2 Å². The highest BCUT2D eigenvalue weighted by atomic mass is 32.1. The highest BCUT2D eigenvalue weighted by molar-refractivity contribution is 7.12. The number of pyridine rings is 1. The molecule has 0 aliphatic carbocycles. The zero-order valence-corrected chi connectivity index (χ0v) is 16.3. The maximum Gasteiger partial charge on any atom is 0.267 e. The minimum absolute atomic E-state index is 0.160. The molecule has 0 saturated carbocycles. The molecule has 144 valence electrons. The lowest BCUT2D eigenvalue weighted by Crippen LogP contribution is -2.11. The molecule has 4 rings (SSSR count). The summed E-state index contributed by atoms with van der Waals surface area (Å²) in [4.78, 5) is 29.6. The van der Waals surface area contributed by atoms with Crippen molar-refractivity contribution in [3.63, 3.8) is 0 Å². The fourth-order valence-electron chi connectivity index (χ4n) is 2.55. The van der Waals surface area contributed by atoms with Crippen LogP contribution < -0.4 is 16.0 Å². The zero-order valence-electron chi connectivity index (χ0n) is 15.5. The van der Waals surface area contributed by atoms with E-state index in [1.807, 2.05) is 49.4 Å². The molecule has 9 heteroatoms. The monoisotopic (exact) mass is 403 g/mol. The fourth-order valence-corrected chi connectivity index (χ4v) is 3.25. The Bertz CT molecular complexity index is 1110. The van der Waals surface area contributed by atoms with Crippen LogP contribution in [-0.4, -0.2) is 25.8 Å². The molecule has 1 amide bonds. The van der Waals surface area contributed by atoms with E-state index in [2.05, 4.69) is 35.9 Å². The topological polar surface area (TPSA) is 105 Å². The van der Waals surface area contributed by atoms with E-state index in [1.54, 1.807) is 17.8 Å². The van der Waals surface area contributed by atoms with Crippen molar-refractivity contribution in [3.8, 4) is 0 Å². The molecule has 8 nitrogen and oxygen atoms in total. The molecule has 0 spiro atoms. The van der Waals surface area contributed by atoms with Gasteiger partial charge >= 0.3 is 0 Å². The summed E-state index contributed by atoms with van der Waals surface area (Å²) < 4.78 is 0. The second kappa shape index (κ2) is 8.44. The number of benzene rings is 1. The van der Waals surface area contributed by atoms with Crippen molar-refractivity contribution in [2.45, 2.75) is 6.92 Å². The molecule has 3 heterocycles. The summed E-state index contributed by atoms with van der Waals surface area (Å²) in [6.07, 6.45) is 3.18. The van der Waals surface area contributed by atoms with Gasteiger partial charge < -0.3 is 16.0 Å². The highest BCUT2D eigenvalue weighted by Crippen LogP contribution is 2.21. The minimum Gasteiger partial charge on any atom is -0.340 e. The summed E-state index contributed by atoms with van der Waals surface area (Å²) in [6, 6.07) is 14.8. The SMILES string of the molecule is Cc1ncsc1C(=O)Nc1ccc(Nc2cc(Nc3ccccn3)ncn2)cc1. The fraction of sp³-hybridized carbons (Fsp3) is 0.0500. The molecule has 3 aromatic heterocycles. The van der Waals surface area contributed by atoms with Gasteiger partial charge in [0.1, 0.15) is 28.7 Å². The Morgan fingerprint density at radius 2 is 1.62 bits per heavy atom. The second-order valence-corrected chi connectivity index (χ2v) is 6.91. The molecular formula is C20H17N7OS. The number of amides is 1. The van der Waals surface area contributed by atoms with Gasteiger partial charge in [0.2, 0.25) is 0 Å². The number of rotatable bonds is 6. The van der Waals surface area contributed by atoms with Crippen LogP contribution >= 0.6 is 11.3 Å². The predicted octanol–water partition coefficient (Wildman–Crippen LogP) is 4.38. The molecule has 4 aromatic rings. The number of hydrogen-bond acceptors (Lipinski definition) is 8. The van der Waals surface area contributed by atoms with E-state index in [0.29, 0.717) is 28.0 Å². The first-order chi connectivity index (χ1) is 14.2. The molecule has 29 heavy (non-hydrogen) atoms. The van der Waals surface area contributed by atoms with E-state index in [-0.39, 0.29) is 5.91 Å². The summed E-state index contributed by atoms with van der Waals surface area (Å²) in [5.74, 6) is 1.81. The van der Waals surface area contributed by atoms with Crippen molar-refractivity contribution >= 4 is 46.1 Å². The van der Waals surface area contributed by atoms with Gasteiger partial charge in [-0.1, -0.05) is 6.07 Å². The maximum atomic E-state index is 12.3. The molecule has 0 unspecified atom stereocenters. The van der Waals surface area contributed by atoms with Crippen molar-refractivity contribution < 1.29 is 4.79 Å². The lowest BCUT2D eigenvalue weighted by molar-refractivity contribution is 0.103. The van der Waals surface area contributed by atoms with E-state index in [1.165, 1.54) is 17.7 Å². The van der Waals surface area contributed by atoms with Gasteiger partial charge in [-0.25, -0.2) is 19.9 Å². The van der Waals surface area contributed by atoms with Gasteiger partial charge in [0.15, 0.2) is 0 Å². The first kappa shape index (κ1) is 18.5. The molecular weight excluding hydrogens is 386 g/mol. The number of nitrogens with zero attached hydrogens (tertiary/aromatic N) is 4. The van der Waals surface area contributed by atoms with Crippen LogP contribution in [0.25, 0.3) is 0 Å². The third-order valence-corrected chi connectivity index (χ3v) is 4.88.